The van der Waals surface area contributed by atoms with Crippen LogP contribution in [0.25, 0.3) is 10.9 Å². The third-order valence-electron chi connectivity index (χ3n) is 2.62. The van der Waals surface area contributed by atoms with Crippen LogP contribution in [0.4, 0.5) is 0 Å². The molecule has 0 saturated carbocycles. The molecule has 1 heterocycles. The maximum Gasteiger partial charge on any atom is 0.141 e. The van der Waals surface area contributed by atoms with Crippen LogP contribution in [-0.2, 0) is 0 Å². The van der Waals surface area contributed by atoms with Crippen LogP contribution < -0.4 is 5.73 Å². The van der Waals surface area contributed by atoms with Crippen molar-refractivity contribution in [3.63, 3.8) is 0 Å². The lowest BCUT2D eigenvalue weighted by Crippen LogP contribution is -2.09. The lowest BCUT2D eigenvalue weighted by atomic mass is 10.00. The van der Waals surface area contributed by atoms with Gasteiger partial charge in [0.05, 0.1) is 0 Å². The Morgan fingerprint density at radius 3 is 2.93 bits per heavy atom. The Labute approximate surface area is 88.6 Å². The highest BCUT2D eigenvalue weighted by molar-refractivity contribution is 5.87. The summed E-state index contributed by atoms with van der Waals surface area (Å²) in [5.74, 6) is 0.206. The molecule has 0 amide bonds. The molecule has 0 aliphatic carbocycles. The number of rotatable bonds is 2. The lowest BCUT2D eigenvalue weighted by molar-refractivity contribution is 0.480. The number of nitrogens with zero attached hydrogens (tertiary/aromatic N) is 1. The first kappa shape index (κ1) is 9.93. The van der Waals surface area contributed by atoms with Gasteiger partial charge in [0.25, 0.3) is 0 Å². The lowest BCUT2D eigenvalue weighted by Gasteiger charge is -2.12. The zero-order valence-corrected chi connectivity index (χ0v) is 8.64. The van der Waals surface area contributed by atoms with Gasteiger partial charge in [0.2, 0.25) is 0 Å². The fourth-order valence-corrected chi connectivity index (χ4v) is 1.72. The van der Waals surface area contributed by atoms with Crippen molar-refractivity contribution in [1.29, 1.82) is 0 Å². The molecule has 78 valence electrons. The number of aromatic nitrogens is 1. The Morgan fingerprint density at radius 1 is 1.40 bits per heavy atom. The van der Waals surface area contributed by atoms with Crippen LogP contribution in [0.5, 0.6) is 5.75 Å². The summed E-state index contributed by atoms with van der Waals surface area (Å²) >= 11 is 0. The molecule has 1 aromatic carbocycles. The molecule has 0 aliphatic rings. The first-order chi connectivity index (χ1) is 7.24. The first-order valence-corrected chi connectivity index (χ1v) is 5.06. The standard InChI is InChI=1S/C12H14N2O/c1-2-10(13)8-5-6-11(15)12-9(8)4-3-7-14-12/h3-7,10,15H,2,13H2,1H3. The Bertz CT molecular complexity index is 482. The number of hydrogen-bond acceptors (Lipinski definition) is 3. The van der Waals surface area contributed by atoms with Crippen LogP contribution in [0.2, 0.25) is 0 Å². The predicted octanol–water partition coefficient (Wildman–Crippen LogP) is 2.35. The minimum Gasteiger partial charge on any atom is -0.506 e. The van der Waals surface area contributed by atoms with Crippen LogP contribution >= 0.6 is 0 Å². The summed E-state index contributed by atoms with van der Waals surface area (Å²) in [7, 11) is 0. The van der Waals surface area contributed by atoms with Crippen molar-refractivity contribution in [1.82, 2.24) is 4.98 Å². The summed E-state index contributed by atoms with van der Waals surface area (Å²) in [5, 5.41) is 10.6. The average molecular weight is 202 g/mol. The third kappa shape index (κ3) is 1.66. The number of phenolic OH excluding ortho intramolecular Hbond substituents is 1. The van der Waals surface area contributed by atoms with Gasteiger partial charge < -0.3 is 10.8 Å². The van der Waals surface area contributed by atoms with Crippen molar-refractivity contribution in [3.05, 3.63) is 36.0 Å². The summed E-state index contributed by atoms with van der Waals surface area (Å²) in [5.41, 5.74) is 7.67. The molecule has 0 saturated heterocycles. The van der Waals surface area contributed by atoms with E-state index in [1.54, 1.807) is 12.3 Å². The Hall–Kier alpha value is -1.61. The fourth-order valence-electron chi connectivity index (χ4n) is 1.72. The van der Waals surface area contributed by atoms with E-state index in [4.69, 9.17) is 5.73 Å². The smallest absolute Gasteiger partial charge is 0.141 e. The second kappa shape index (κ2) is 3.87. The van der Waals surface area contributed by atoms with E-state index in [2.05, 4.69) is 4.98 Å². The van der Waals surface area contributed by atoms with Crippen molar-refractivity contribution in [2.75, 3.05) is 0 Å². The number of fused-ring (bicyclic) bond motifs is 1. The Kier molecular flexibility index (Phi) is 2.56. The highest BCUT2D eigenvalue weighted by Gasteiger charge is 2.10. The van der Waals surface area contributed by atoms with E-state index in [0.29, 0.717) is 5.52 Å². The zero-order valence-electron chi connectivity index (χ0n) is 8.64. The van der Waals surface area contributed by atoms with Crippen LogP contribution in [0.3, 0.4) is 0 Å². The van der Waals surface area contributed by atoms with E-state index >= 15 is 0 Å². The van der Waals surface area contributed by atoms with Gasteiger partial charge in [-0.05, 0) is 24.1 Å². The summed E-state index contributed by atoms with van der Waals surface area (Å²) in [6.45, 7) is 2.04. The van der Waals surface area contributed by atoms with Crippen LogP contribution in [0, 0.1) is 0 Å². The SMILES string of the molecule is CCC(N)c1ccc(O)c2ncccc12. The van der Waals surface area contributed by atoms with Gasteiger partial charge >= 0.3 is 0 Å². The van der Waals surface area contributed by atoms with Crippen molar-refractivity contribution in [2.45, 2.75) is 19.4 Å². The molecule has 15 heavy (non-hydrogen) atoms. The minimum absolute atomic E-state index is 0.00250. The van der Waals surface area contributed by atoms with Gasteiger partial charge in [0.1, 0.15) is 11.3 Å². The van der Waals surface area contributed by atoms with Crippen molar-refractivity contribution in [2.24, 2.45) is 5.73 Å². The van der Waals surface area contributed by atoms with Crippen molar-refractivity contribution >= 4 is 10.9 Å². The van der Waals surface area contributed by atoms with Crippen LogP contribution in [0.1, 0.15) is 24.9 Å². The molecule has 3 heteroatoms. The number of nitrogens with two attached hydrogens (primary N) is 1. The van der Waals surface area contributed by atoms with Gasteiger partial charge in [-0.2, -0.15) is 0 Å². The molecule has 2 rings (SSSR count). The van der Waals surface area contributed by atoms with E-state index in [0.717, 1.165) is 17.4 Å². The molecule has 1 unspecified atom stereocenters. The average Bonchev–Trinajstić information content (AvgIpc) is 2.29. The molecule has 0 radical (unpaired) electrons. The molecule has 0 bridgehead atoms. The number of hydrogen-bond donors (Lipinski definition) is 2. The van der Waals surface area contributed by atoms with E-state index in [-0.39, 0.29) is 11.8 Å². The van der Waals surface area contributed by atoms with Crippen molar-refractivity contribution < 1.29 is 5.11 Å². The van der Waals surface area contributed by atoms with Gasteiger partial charge in [-0.3, -0.25) is 4.98 Å². The largest absolute Gasteiger partial charge is 0.506 e. The van der Waals surface area contributed by atoms with Gasteiger partial charge in [-0.25, -0.2) is 0 Å². The molecule has 1 aromatic heterocycles. The summed E-state index contributed by atoms with van der Waals surface area (Å²) < 4.78 is 0. The van der Waals surface area contributed by atoms with Crippen molar-refractivity contribution in [3.8, 4) is 5.75 Å². The fraction of sp³-hybridized carbons (Fsp3) is 0.250. The quantitative estimate of drug-likeness (QED) is 0.785. The first-order valence-electron chi connectivity index (χ1n) is 5.06. The van der Waals surface area contributed by atoms with Gasteiger partial charge in [-0.15, -0.1) is 0 Å². The second-order valence-corrected chi connectivity index (χ2v) is 3.59. The van der Waals surface area contributed by atoms with E-state index in [9.17, 15) is 5.11 Å². The molecule has 1 atom stereocenters. The monoisotopic (exact) mass is 202 g/mol. The van der Waals surface area contributed by atoms with E-state index in [1.807, 2.05) is 25.1 Å². The predicted molar refractivity (Wildman–Crippen MR) is 60.6 cm³/mol. The zero-order chi connectivity index (χ0) is 10.8. The summed E-state index contributed by atoms with van der Waals surface area (Å²) in [6, 6.07) is 7.31. The number of aromatic hydroxyl groups is 1. The minimum atomic E-state index is -0.00250. The Morgan fingerprint density at radius 2 is 2.20 bits per heavy atom. The van der Waals surface area contributed by atoms with Gasteiger partial charge in [-0.1, -0.05) is 19.1 Å². The maximum atomic E-state index is 9.65. The Balaban J connectivity index is 2.71. The van der Waals surface area contributed by atoms with Gasteiger partial charge in [0.15, 0.2) is 0 Å². The summed E-state index contributed by atoms with van der Waals surface area (Å²) in [6.07, 6.45) is 2.54. The van der Waals surface area contributed by atoms with E-state index < -0.39 is 0 Å². The van der Waals surface area contributed by atoms with Crippen LogP contribution in [0.15, 0.2) is 30.5 Å². The highest BCUT2D eigenvalue weighted by Crippen LogP contribution is 2.29. The normalized spacial score (nSPS) is 12.9. The number of phenols is 1. The molecule has 0 aliphatic heterocycles. The topological polar surface area (TPSA) is 59.1 Å². The summed E-state index contributed by atoms with van der Waals surface area (Å²) in [4.78, 5) is 4.15. The molecular weight excluding hydrogens is 188 g/mol. The number of benzene rings is 1. The number of pyridine rings is 1. The molecular formula is C12H14N2O. The van der Waals surface area contributed by atoms with Crippen LogP contribution in [-0.4, -0.2) is 10.1 Å². The molecule has 3 nitrogen and oxygen atoms in total. The highest BCUT2D eigenvalue weighted by atomic mass is 16.3. The molecule has 3 N–H and O–H groups in total. The second-order valence-electron chi connectivity index (χ2n) is 3.59. The van der Waals surface area contributed by atoms with E-state index in [1.165, 1.54) is 0 Å². The van der Waals surface area contributed by atoms with Gasteiger partial charge in [0, 0.05) is 17.6 Å². The molecule has 2 aromatic rings. The third-order valence-corrected chi connectivity index (χ3v) is 2.62. The molecule has 0 spiro atoms. The maximum absolute atomic E-state index is 9.65. The molecule has 0 fully saturated rings.